The Morgan fingerprint density at radius 3 is 2.44 bits per heavy atom. The fourth-order valence-corrected chi connectivity index (χ4v) is 6.53. The highest BCUT2D eigenvalue weighted by atomic mass is 32.2. The number of benzene rings is 3. The highest BCUT2D eigenvalue weighted by Gasteiger charge is 2.38. The van der Waals surface area contributed by atoms with Gasteiger partial charge in [-0.3, -0.25) is 9.78 Å². The molecule has 5 aromatic rings. The molecule has 8 nitrogen and oxygen atoms in total. The van der Waals surface area contributed by atoms with Crippen LogP contribution in [0.15, 0.2) is 115 Å². The van der Waals surface area contributed by atoms with Gasteiger partial charge in [-0.25, -0.2) is 4.98 Å². The van der Waals surface area contributed by atoms with E-state index in [4.69, 9.17) is 9.47 Å². The molecule has 3 aromatic carbocycles. The topological polar surface area (TPSA) is 98.5 Å². The number of carbonyl (C=O) groups excluding carboxylic acids is 1. The Kier molecular flexibility index (Phi) is 9.71. The van der Waals surface area contributed by atoms with Crippen LogP contribution in [0, 0.1) is 5.92 Å². The first kappa shape index (κ1) is 30.7. The zero-order chi connectivity index (χ0) is 31.2. The number of aliphatic hydroxyl groups excluding tert-OH is 1. The summed E-state index contributed by atoms with van der Waals surface area (Å²) in [6, 6.07) is 27.9. The molecule has 0 bridgehead atoms. The van der Waals surface area contributed by atoms with Crippen LogP contribution in [0.5, 0.6) is 0 Å². The van der Waals surface area contributed by atoms with Crippen LogP contribution in [0.25, 0.3) is 11.1 Å². The van der Waals surface area contributed by atoms with Gasteiger partial charge in [-0.15, -0.1) is 0 Å². The summed E-state index contributed by atoms with van der Waals surface area (Å²) in [6.45, 7) is 2.59. The number of nitrogens with zero attached hydrogens (tertiary/aromatic N) is 3. The Labute approximate surface area is 267 Å². The zero-order valence-electron chi connectivity index (χ0n) is 25.2. The van der Waals surface area contributed by atoms with Crippen molar-refractivity contribution in [1.29, 1.82) is 0 Å². The second-order valence-corrected chi connectivity index (χ2v) is 12.2. The first-order chi connectivity index (χ1) is 22.0. The lowest BCUT2D eigenvalue weighted by atomic mass is 9.91. The quantitative estimate of drug-likeness (QED) is 0.172. The summed E-state index contributed by atoms with van der Waals surface area (Å²) in [6.07, 6.45) is 6.16. The molecule has 1 fully saturated rings. The number of aromatic nitrogens is 3. The van der Waals surface area contributed by atoms with E-state index in [1.165, 1.54) is 0 Å². The first-order valence-electron chi connectivity index (χ1n) is 15.0. The molecule has 9 heteroatoms. The highest BCUT2D eigenvalue weighted by molar-refractivity contribution is 7.99. The van der Waals surface area contributed by atoms with Crippen molar-refractivity contribution in [1.82, 2.24) is 19.9 Å². The molecule has 1 amide bonds. The predicted octanol–water partition coefficient (Wildman–Crippen LogP) is 6.49. The molecule has 230 valence electrons. The smallest absolute Gasteiger partial charge is 0.253 e. The van der Waals surface area contributed by atoms with Crippen LogP contribution in [0.2, 0.25) is 0 Å². The lowest BCUT2D eigenvalue weighted by molar-refractivity contribution is -0.268. The summed E-state index contributed by atoms with van der Waals surface area (Å²) < 4.78 is 15.3. The monoisotopic (exact) mass is 620 g/mol. The number of pyridine rings is 1. The van der Waals surface area contributed by atoms with E-state index in [1.807, 2.05) is 54.2 Å². The van der Waals surface area contributed by atoms with Gasteiger partial charge in [0.05, 0.1) is 24.4 Å². The largest absolute Gasteiger partial charge is 0.392 e. The molecule has 6 rings (SSSR count). The minimum Gasteiger partial charge on any atom is -0.392 e. The number of carbonyl (C=O) groups is 1. The van der Waals surface area contributed by atoms with Gasteiger partial charge in [-0.05, 0) is 46.0 Å². The summed E-state index contributed by atoms with van der Waals surface area (Å²) in [5.41, 5.74) is 6.52. The number of aliphatic hydroxyl groups is 1. The molecule has 1 aliphatic rings. The zero-order valence-corrected chi connectivity index (χ0v) is 26.1. The number of amides is 1. The van der Waals surface area contributed by atoms with Crippen LogP contribution >= 0.6 is 11.8 Å². The molecule has 2 N–H and O–H groups in total. The fraction of sp³-hybridized carbons (Fsp3) is 0.250. The molecular formula is C36H36N4O4S. The molecule has 0 spiro atoms. The molecule has 0 aliphatic carbocycles. The number of nitrogens with one attached hydrogen (secondary N) is 1. The van der Waals surface area contributed by atoms with Gasteiger partial charge in [-0.2, -0.15) is 0 Å². The van der Waals surface area contributed by atoms with Crippen LogP contribution in [0.4, 0.5) is 0 Å². The van der Waals surface area contributed by atoms with Gasteiger partial charge < -0.3 is 24.5 Å². The maximum atomic E-state index is 12.5. The molecule has 0 unspecified atom stereocenters. The maximum Gasteiger partial charge on any atom is 0.253 e. The van der Waals surface area contributed by atoms with Crippen molar-refractivity contribution in [2.45, 2.75) is 43.7 Å². The Morgan fingerprint density at radius 2 is 1.73 bits per heavy atom. The molecular weight excluding hydrogens is 584 g/mol. The first-order valence-corrected chi connectivity index (χ1v) is 16.0. The van der Waals surface area contributed by atoms with E-state index < -0.39 is 6.29 Å². The SMILES string of the molecule is C[C@@H]1[C@H](CSc2nccn2C)O[C@H](c2ccc(-c3cccc(CNC(=O)c4cccnc4)c3)cc2)O[C@@H]1c1ccc(CO)cc1. The van der Waals surface area contributed by atoms with E-state index in [0.29, 0.717) is 12.1 Å². The van der Waals surface area contributed by atoms with E-state index in [1.54, 1.807) is 42.5 Å². The van der Waals surface area contributed by atoms with Crippen LogP contribution < -0.4 is 5.32 Å². The molecule has 2 aromatic heterocycles. The van der Waals surface area contributed by atoms with E-state index in [9.17, 15) is 9.90 Å². The van der Waals surface area contributed by atoms with Gasteiger partial charge in [-0.1, -0.05) is 85.4 Å². The average molecular weight is 621 g/mol. The van der Waals surface area contributed by atoms with Crippen LogP contribution in [-0.2, 0) is 29.7 Å². The number of rotatable bonds is 10. The van der Waals surface area contributed by atoms with Crippen LogP contribution in [-0.4, -0.2) is 37.4 Å². The van der Waals surface area contributed by atoms with Crippen molar-refractivity contribution in [3.8, 4) is 11.1 Å². The number of thioether (sulfide) groups is 1. The molecule has 3 heterocycles. The summed E-state index contributed by atoms with van der Waals surface area (Å²) in [4.78, 5) is 21.0. The lowest BCUT2D eigenvalue weighted by Crippen LogP contribution is -2.38. The van der Waals surface area contributed by atoms with Crippen molar-refractivity contribution < 1.29 is 19.4 Å². The third-order valence-corrected chi connectivity index (χ3v) is 9.24. The number of aryl methyl sites for hydroxylation is 1. The number of ether oxygens (including phenoxy) is 2. The van der Waals surface area contributed by atoms with Crippen molar-refractivity contribution >= 4 is 17.7 Å². The van der Waals surface area contributed by atoms with Gasteiger partial charge in [0.25, 0.3) is 5.91 Å². The highest BCUT2D eigenvalue weighted by Crippen LogP contribution is 2.43. The average Bonchev–Trinajstić information content (AvgIpc) is 3.51. The van der Waals surface area contributed by atoms with Gasteiger partial charge in [0.15, 0.2) is 11.4 Å². The van der Waals surface area contributed by atoms with E-state index in [0.717, 1.165) is 44.3 Å². The predicted molar refractivity (Wildman–Crippen MR) is 174 cm³/mol. The standard InChI is InChI=1S/C36H36N4O4S/c1-24-32(23-45-36-38-17-18-40(36)2)43-35(44-33(24)28-10-8-25(22-41)9-11-28)29-14-12-27(13-15-29)30-6-3-5-26(19-30)20-39-34(42)31-7-4-16-37-21-31/h3-19,21,24,32-33,35,41H,20,22-23H2,1-2H3,(H,39,42)/t24-,32+,33+,35+/m1/s1. The maximum absolute atomic E-state index is 12.5. The molecule has 4 atom stereocenters. The Morgan fingerprint density at radius 1 is 0.933 bits per heavy atom. The Balaban J connectivity index is 1.18. The Hall–Kier alpha value is -4.28. The molecule has 1 aliphatic heterocycles. The minimum atomic E-state index is -0.543. The normalized spacial score (nSPS) is 19.7. The van der Waals surface area contributed by atoms with Gasteiger partial charge in [0.2, 0.25) is 0 Å². The van der Waals surface area contributed by atoms with Crippen molar-refractivity contribution in [2.75, 3.05) is 5.75 Å². The van der Waals surface area contributed by atoms with E-state index >= 15 is 0 Å². The summed E-state index contributed by atoms with van der Waals surface area (Å²) in [5, 5.41) is 13.5. The molecule has 1 saturated heterocycles. The molecule has 0 saturated carbocycles. The van der Waals surface area contributed by atoms with Gasteiger partial charge in [0, 0.05) is 55.6 Å². The second-order valence-electron chi connectivity index (χ2n) is 11.2. The van der Waals surface area contributed by atoms with Crippen molar-refractivity contribution in [2.24, 2.45) is 13.0 Å². The van der Waals surface area contributed by atoms with Crippen molar-refractivity contribution in [3.63, 3.8) is 0 Å². The number of imidazole rings is 1. The minimum absolute atomic E-state index is 0.00528. The summed E-state index contributed by atoms with van der Waals surface area (Å²) >= 11 is 1.68. The summed E-state index contributed by atoms with van der Waals surface area (Å²) in [5.74, 6) is 0.674. The van der Waals surface area contributed by atoms with Gasteiger partial charge in [0.1, 0.15) is 0 Å². The number of hydrogen-bond donors (Lipinski definition) is 2. The molecule has 45 heavy (non-hydrogen) atoms. The summed E-state index contributed by atoms with van der Waals surface area (Å²) in [7, 11) is 1.99. The third kappa shape index (κ3) is 7.34. The van der Waals surface area contributed by atoms with Crippen LogP contribution in [0.3, 0.4) is 0 Å². The van der Waals surface area contributed by atoms with E-state index in [2.05, 4.69) is 58.6 Å². The lowest BCUT2D eigenvalue weighted by Gasteiger charge is -2.41. The molecule has 0 radical (unpaired) electrons. The Bertz CT molecular complexity index is 1710. The van der Waals surface area contributed by atoms with Crippen LogP contribution in [0.1, 0.15) is 51.9 Å². The van der Waals surface area contributed by atoms with Crippen molar-refractivity contribution in [3.05, 3.63) is 138 Å². The third-order valence-electron chi connectivity index (χ3n) is 8.10. The van der Waals surface area contributed by atoms with E-state index in [-0.39, 0.29) is 30.6 Å². The number of hydrogen-bond acceptors (Lipinski definition) is 7. The van der Waals surface area contributed by atoms with Gasteiger partial charge >= 0.3 is 0 Å². The fourth-order valence-electron chi connectivity index (χ4n) is 5.43. The second kappa shape index (κ2) is 14.2.